The highest BCUT2D eigenvalue weighted by molar-refractivity contribution is 8.04. The van der Waals surface area contributed by atoms with E-state index in [1.165, 1.54) is 6.92 Å². The van der Waals surface area contributed by atoms with Crippen LogP contribution in [0.15, 0.2) is 12.7 Å². The standard InChI is InChI=1S/C11H14O4.2C10H14O4.C9H11FO4.C9H12O4.C8H10O4.C7H2F4O6S2/c1-2-7-4-3-5-8-11(7)15-10(13)6-9(12)14-8;1-6-2-3-7-8(4-6)14-10(12)5-9(11)13-7;1-6-9(11)13-7-4-2-3-5-8(7)14-10(6)12;10-7-8(11)13-5-3-1-2-4-6(5)14-9(7)12;10-8-5-9(11)13-7-4-2-1-3-6(7)12-8;9-7-4-8(10)12-6-3-1-2-5(6)11-7;8-2-3(9)5(11)7-6(4(2)10)16-18(12,13)1-19(14,15)17-7/h2,7-8,11H,1,3-6H2;2*6-8H,2-5H2,1H3;5-7H,1-4H2;6-7H,1-5H2;5-6H,1-4H2;1H2. The van der Waals surface area contributed by atoms with Crippen molar-refractivity contribution in [3.05, 3.63) is 35.9 Å². The molecule has 0 bridgehead atoms. The van der Waals surface area contributed by atoms with Gasteiger partial charge in [-0.3, -0.25) is 47.9 Å². The summed E-state index contributed by atoms with van der Waals surface area (Å²) >= 11 is 0. The van der Waals surface area contributed by atoms with Gasteiger partial charge in [-0.2, -0.15) is 25.6 Å². The van der Waals surface area contributed by atoms with Crippen LogP contribution < -0.4 is 8.37 Å². The van der Waals surface area contributed by atoms with Crippen LogP contribution in [0, 0.1) is 41.0 Å². The molecule has 101 heavy (non-hydrogen) atoms. The monoisotopic (exact) mass is 1480 g/mol. The van der Waals surface area contributed by atoms with Gasteiger partial charge < -0.3 is 65.2 Å². The molecule has 560 valence electrons. The topological polar surface area (TPSA) is 402 Å². The normalized spacial score (nSPS) is 33.4. The molecule has 12 fully saturated rings. The molecule has 14 unspecified atom stereocenters. The maximum atomic E-state index is 13.3. The first-order valence-electron chi connectivity index (χ1n) is 33.1. The predicted octanol–water partition coefficient (Wildman–Crippen LogP) is 5.82. The van der Waals surface area contributed by atoms with Gasteiger partial charge in [-0.05, 0) is 148 Å². The second-order valence-corrected chi connectivity index (χ2v) is 29.2. The van der Waals surface area contributed by atoms with Gasteiger partial charge in [-0.25, -0.2) is 22.8 Å². The summed E-state index contributed by atoms with van der Waals surface area (Å²) in [6.45, 7) is 7.37. The van der Waals surface area contributed by atoms with Crippen LogP contribution in [-0.2, 0) is 135 Å². The number of alkyl halides is 1. The third kappa shape index (κ3) is 21.9. The third-order valence-electron chi connectivity index (χ3n) is 17.9. The highest BCUT2D eigenvalue weighted by atomic mass is 32.3. The fourth-order valence-corrected chi connectivity index (χ4v) is 15.5. The summed E-state index contributed by atoms with van der Waals surface area (Å²) in [6, 6.07) is 0. The number of benzene rings is 1. The van der Waals surface area contributed by atoms with E-state index in [2.05, 4.69) is 21.9 Å². The first-order chi connectivity index (χ1) is 47.8. The summed E-state index contributed by atoms with van der Waals surface area (Å²) in [7, 11) is -9.84. The van der Waals surface area contributed by atoms with Crippen LogP contribution in [0.25, 0.3) is 0 Å². The van der Waals surface area contributed by atoms with E-state index >= 15 is 0 Å². The Labute approximate surface area is 575 Å². The Morgan fingerprint density at radius 1 is 0.347 bits per heavy atom. The molecule has 0 N–H and O–H groups in total. The third-order valence-corrected chi connectivity index (χ3v) is 21.1. The first-order valence-corrected chi connectivity index (χ1v) is 36.3. The maximum absolute atomic E-state index is 13.3. The lowest BCUT2D eigenvalue weighted by Gasteiger charge is -2.33. The Hall–Kier alpha value is -8.25. The van der Waals surface area contributed by atoms with E-state index in [-0.39, 0.29) is 92.6 Å². The highest BCUT2D eigenvalue weighted by Crippen LogP contribution is 2.41. The largest absolute Gasteiger partial charge is 0.458 e. The average Bonchev–Trinajstić information content (AvgIpc) is 1.73. The Morgan fingerprint density at radius 3 is 1.00 bits per heavy atom. The fraction of sp³-hybridized carbons (Fsp3) is 0.688. The van der Waals surface area contributed by atoms with Crippen molar-refractivity contribution in [2.24, 2.45) is 17.8 Å². The summed E-state index contributed by atoms with van der Waals surface area (Å²) < 4.78 is 179. The van der Waals surface area contributed by atoms with Crippen molar-refractivity contribution in [2.75, 3.05) is 5.08 Å². The number of carbonyl (C=O) groups excluding carboxylic acids is 12. The van der Waals surface area contributed by atoms with Crippen molar-refractivity contribution in [3.8, 4) is 11.5 Å². The molecule has 13 aliphatic rings. The lowest BCUT2D eigenvalue weighted by atomic mass is 9.84. The molecule has 6 saturated heterocycles. The van der Waals surface area contributed by atoms with Gasteiger partial charge in [0.05, 0.1) is 0 Å². The minimum atomic E-state index is -4.92. The lowest BCUT2D eigenvalue weighted by Crippen LogP contribution is -2.40. The molecule has 7 heterocycles. The molecule has 6 saturated carbocycles. The second kappa shape index (κ2) is 35.1. The molecule has 7 aliphatic heterocycles. The number of fused-ring (bicyclic) bond motifs is 7. The van der Waals surface area contributed by atoms with Crippen LogP contribution in [0.2, 0.25) is 0 Å². The van der Waals surface area contributed by atoms with Crippen LogP contribution in [0.4, 0.5) is 22.0 Å². The number of halogens is 5. The van der Waals surface area contributed by atoms with Gasteiger partial charge >= 0.3 is 91.9 Å². The molecular weight excluding hydrogens is 1410 g/mol. The van der Waals surface area contributed by atoms with E-state index in [0.29, 0.717) is 18.8 Å². The molecule has 0 spiro atoms. The zero-order chi connectivity index (χ0) is 73.6. The van der Waals surface area contributed by atoms with Crippen LogP contribution in [0.1, 0.15) is 174 Å². The molecule has 14 rings (SSSR count). The molecular formula is C64H77F5O30S2. The van der Waals surface area contributed by atoms with Crippen molar-refractivity contribution >= 4 is 91.9 Å². The maximum Gasteiger partial charge on any atom is 0.353 e. The van der Waals surface area contributed by atoms with Crippen LogP contribution >= 0.6 is 0 Å². The second-order valence-electron chi connectivity index (χ2n) is 25.7. The molecule has 0 amide bonds. The van der Waals surface area contributed by atoms with E-state index < -0.39 is 156 Å². The smallest absolute Gasteiger partial charge is 0.353 e. The van der Waals surface area contributed by atoms with E-state index in [9.17, 15) is 96.3 Å². The summed E-state index contributed by atoms with van der Waals surface area (Å²) in [6.07, 6.45) is 14.1. The van der Waals surface area contributed by atoms with Gasteiger partial charge in [0.2, 0.25) is 39.9 Å². The lowest BCUT2D eigenvalue weighted by molar-refractivity contribution is -0.158. The zero-order valence-corrected chi connectivity index (χ0v) is 56.5. The van der Waals surface area contributed by atoms with Crippen molar-refractivity contribution in [1.82, 2.24) is 0 Å². The quantitative estimate of drug-likeness (QED) is 0.0467. The fourth-order valence-electron chi connectivity index (χ4n) is 12.9. The first kappa shape index (κ1) is 78.5. The van der Waals surface area contributed by atoms with E-state index in [4.69, 9.17) is 56.8 Å². The molecule has 0 aromatic heterocycles. The summed E-state index contributed by atoms with van der Waals surface area (Å²) in [5.41, 5.74) is 0. The number of carbonyl (C=O) groups is 12. The number of hydrogen-bond donors (Lipinski definition) is 0. The Kier molecular flexibility index (Phi) is 27.3. The number of rotatable bonds is 1. The molecule has 0 radical (unpaired) electrons. The van der Waals surface area contributed by atoms with E-state index in [1.54, 1.807) is 6.08 Å². The van der Waals surface area contributed by atoms with E-state index in [1.807, 2.05) is 0 Å². The van der Waals surface area contributed by atoms with E-state index in [0.717, 1.165) is 122 Å². The van der Waals surface area contributed by atoms with Crippen LogP contribution in [0.5, 0.6) is 11.5 Å². The van der Waals surface area contributed by atoms with Gasteiger partial charge in [0.1, 0.15) is 98.9 Å². The number of esters is 12. The Bertz CT molecular complexity index is 3330. The number of hydrogen-bond acceptors (Lipinski definition) is 30. The van der Waals surface area contributed by atoms with Gasteiger partial charge in [-0.15, -0.1) is 6.58 Å². The van der Waals surface area contributed by atoms with Crippen molar-refractivity contribution in [2.45, 2.75) is 254 Å². The van der Waals surface area contributed by atoms with Crippen molar-refractivity contribution < 1.29 is 162 Å². The van der Waals surface area contributed by atoms with Gasteiger partial charge in [0.25, 0.3) is 6.17 Å². The van der Waals surface area contributed by atoms with Crippen molar-refractivity contribution in [3.63, 3.8) is 0 Å². The molecule has 1 aromatic carbocycles. The molecule has 6 aliphatic carbocycles. The van der Waals surface area contributed by atoms with Crippen molar-refractivity contribution in [1.29, 1.82) is 0 Å². The molecule has 1 aromatic rings. The minimum Gasteiger partial charge on any atom is -0.458 e. The van der Waals surface area contributed by atoms with Gasteiger partial charge in [-0.1, -0.05) is 13.0 Å². The Balaban J connectivity index is 0.000000150. The highest BCUT2D eigenvalue weighted by Gasteiger charge is 2.46. The average molecular weight is 1490 g/mol. The SMILES string of the molecule is C=CC1CCCC2OC(=O)CC(=O)OC12.CC1C(=O)OC2CCCCC2OC1=O.CC1CCC2OC(=O)CC(=O)OC2C1.O=C1CC(=O)OC2CCCC2O1.O=C1CC(=O)OC2CCCCC2O1.O=C1OC2CCCCC2OC(=O)C1F.O=S1(=O)CS(=O)(=O)Oc2c(F)c(F)c(F)c(F)c2O1. The summed E-state index contributed by atoms with van der Waals surface area (Å²) in [5, 5.41) is -1.77. The predicted molar refractivity (Wildman–Crippen MR) is 321 cm³/mol. The van der Waals surface area contributed by atoms with Gasteiger partial charge in [0, 0.05) is 5.92 Å². The van der Waals surface area contributed by atoms with Crippen LogP contribution in [0.3, 0.4) is 0 Å². The summed E-state index contributed by atoms with van der Waals surface area (Å²) in [5.74, 6) is -19.4. The number of ether oxygens (including phenoxy) is 12. The summed E-state index contributed by atoms with van der Waals surface area (Å²) in [4.78, 5) is 133. The van der Waals surface area contributed by atoms with Crippen LogP contribution in [-0.4, -0.2) is 173 Å². The Morgan fingerprint density at radius 2 is 0.634 bits per heavy atom. The zero-order valence-electron chi connectivity index (χ0n) is 54.9. The molecule has 37 heteroatoms. The molecule has 30 nitrogen and oxygen atoms in total. The van der Waals surface area contributed by atoms with Gasteiger partial charge in [0.15, 0.2) is 5.92 Å². The minimum absolute atomic E-state index is 0.110. The molecule has 14 atom stereocenters.